The summed E-state index contributed by atoms with van der Waals surface area (Å²) in [6.45, 7) is 0. The van der Waals surface area contributed by atoms with Gasteiger partial charge in [-0.2, -0.15) is 5.10 Å². The highest BCUT2D eigenvalue weighted by Crippen LogP contribution is 2.27. The van der Waals surface area contributed by atoms with Crippen LogP contribution >= 0.6 is 0 Å². The quantitative estimate of drug-likeness (QED) is 0.846. The SMILES string of the molecule is COc1ccc(CC(=O)NN=C2CCCCCCC2)cc1OC. The van der Waals surface area contributed by atoms with Crippen LogP contribution in [-0.4, -0.2) is 25.8 Å². The molecule has 0 radical (unpaired) electrons. The molecule has 0 atom stereocenters. The summed E-state index contributed by atoms with van der Waals surface area (Å²) >= 11 is 0. The smallest absolute Gasteiger partial charge is 0.244 e. The van der Waals surface area contributed by atoms with Crippen molar-refractivity contribution in [1.82, 2.24) is 5.43 Å². The minimum absolute atomic E-state index is 0.105. The van der Waals surface area contributed by atoms with Gasteiger partial charge < -0.3 is 9.47 Å². The molecule has 2 rings (SSSR count). The van der Waals surface area contributed by atoms with Crippen molar-refractivity contribution in [2.45, 2.75) is 51.4 Å². The monoisotopic (exact) mass is 318 g/mol. The number of ether oxygens (including phenoxy) is 2. The zero-order chi connectivity index (χ0) is 16.5. The van der Waals surface area contributed by atoms with Gasteiger partial charge in [0.05, 0.1) is 20.6 Å². The van der Waals surface area contributed by atoms with Gasteiger partial charge in [0.25, 0.3) is 0 Å². The molecular weight excluding hydrogens is 292 g/mol. The molecule has 1 aromatic rings. The zero-order valence-corrected chi connectivity index (χ0v) is 14.1. The molecule has 1 fully saturated rings. The third kappa shape index (κ3) is 5.58. The van der Waals surface area contributed by atoms with Crippen molar-refractivity contribution in [1.29, 1.82) is 0 Å². The molecule has 0 unspecified atom stereocenters. The van der Waals surface area contributed by atoms with Crippen LogP contribution in [0.1, 0.15) is 50.5 Å². The van der Waals surface area contributed by atoms with Crippen LogP contribution < -0.4 is 14.9 Å². The minimum atomic E-state index is -0.105. The lowest BCUT2D eigenvalue weighted by Crippen LogP contribution is -2.22. The molecule has 0 aliphatic heterocycles. The first-order chi connectivity index (χ1) is 11.2. The average molecular weight is 318 g/mol. The van der Waals surface area contributed by atoms with Crippen LogP contribution in [0.3, 0.4) is 0 Å². The van der Waals surface area contributed by atoms with Gasteiger partial charge in [-0.3, -0.25) is 4.79 Å². The number of nitrogens with one attached hydrogen (secondary N) is 1. The van der Waals surface area contributed by atoms with E-state index in [1.54, 1.807) is 14.2 Å². The van der Waals surface area contributed by atoms with E-state index in [4.69, 9.17) is 9.47 Å². The second-order valence-corrected chi connectivity index (χ2v) is 5.85. The van der Waals surface area contributed by atoms with Crippen LogP contribution in [-0.2, 0) is 11.2 Å². The molecule has 0 aromatic heterocycles. The van der Waals surface area contributed by atoms with Crippen molar-refractivity contribution in [2.24, 2.45) is 5.10 Å². The standard InChI is InChI=1S/C18H26N2O3/c1-22-16-11-10-14(12-17(16)23-2)13-18(21)20-19-15-8-6-4-3-5-7-9-15/h10-12H,3-9,13H2,1-2H3,(H,20,21). The van der Waals surface area contributed by atoms with Crippen molar-refractivity contribution < 1.29 is 14.3 Å². The van der Waals surface area contributed by atoms with Gasteiger partial charge in [-0.25, -0.2) is 5.43 Å². The Kier molecular flexibility index (Phi) is 6.91. The zero-order valence-electron chi connectivity index (χ0n) is 14.1. The number of amides is 1. The van der Waals surface area contributed by atoms with Crippen LogP contribution in [0.25, 0.3) is 0 Å². The first-order valence-corrected chi connectivity index (χ1v) is 8.28. The fourth-order valence-electron chi connectivity index (χ4n) is 2.78. The molecule has 1 aliphatic rings. The second-order valence-electron chi connectivity index (χ2n) is 5.85. The molecule has 5 heteroatoms. The van der Waals surface area contributed by atoms with E-state index in [0.717, 1.165) is 24.1 Å². The molecule has 0 spiro atoms. The van der Waals surface area contributed by atoms with E-state index in [9.17, 15) is 4.79 Å². The van der Waals surface area contributed by atoms with Gasteiger partial charge in [0.1, 0.15) is 0 Å². The summed E-state index contributed by atoms with van der Waals surface area (Å²) in [5.41, 5.74) is 4.68. The van der Waals surface area contributed by atoms with Crippen LogP contribution in [0, 0.1) is 0 Å². The normalized spacial score (nSPS) is 15.3. The molecule has 0 saturated heterocycles. The number of rotatable bonds is 5. The Labute approximate surface area is 138 Å². The Morgan fingerprint density at radius 1 is 1.04 bits per heavy atom. The van der Waals surface area contributed by atoms with Gasteiger partial charge >= 0.3 is 0 Å². The summed E-state index contributed by atoms with van der Waals surface area (Å²) in [5.74, 6) is 1.18. The Morgan fingerprint density at radius 3 is 2.35 bits per heavy atom. The van der Waals surface area contributed by atoms with Crippen molar-refractivity contribution >= 4 is 11.6 Å². The van der Waals surface area contributed by atoms with Crippen LogP contribution in [0.4, 0.5) is 0 Å². The van der Waals surface area contributed by atoms with E-state index < -0.39 is 0 Å². The van der Waals surface area contributed by atoms with E-state index in [2.05, 4.69) is 10.5 Å². The summed E-state index contributed by atoms with van der Waals surface area (Å²) in [6.07, 6.45) is 8.45. The summed E-state index contributed by atoms with van der Waals surface area (Å²) in [5, 5.41) is 4.32. The highest BCUT2D eigenvalue weighted by Gasteiger charge is 2.09. The van der Waals surface area contributed by atoms with Gasteiger partial charge in [0.2, 0.25) is 5.91 Å². The molecule has 1 aromatic carbocycles. The largest absolute Gasteiger partial charge is 0.493 e. The van der Waals surface area contributed by atoms with Gasteiger partial charge in [-0.05, 0) is 43.4 Å². The van der Waals surface area contributed by atoms with E-state index >= 15 is 0 Å². The number of methoxy groups -OCH3 is 2. The van der Waals surface area contributed by atoms with Gasteiger partial charge in [-0.1, -0.05) is 25.3 Å². The van der Waals surface area contributed by atoms with E-state index in [1.807, 2.05) is 18.2 Å². The van der Waals surface area contributed by atoms with E-state index in [0.29, 0.717) is 11.5 Å². The average Bonchev–Trinajstić information content (AvgIpc) is 2.53. The number of carbonyl (C=O) groups is 1. The number of hydrogen-bond donors (Lipinski definition) is 1. The summed E-state index contributed by atoms with van der Waals surface area (Å²) in [4.78, 5) is 12.1. The molecule has 1 aliphatic carbocycles. The third-order valence-corrected chi connectivity index (χ3v) is 4.08. The topological polar surface area (TPSA) is 59.9 Å². The van der Waals surface area contributed by atoms with E-state index in [-0.39, 0.29) is 12.3 Å². The Hall–Kier alpha value is -2.04. The first-order valence-electron chi connectivity index (χ1n) is 8.28. The lowest BCUT2D eigenvalue weighted by atomic mass is 9.99. The molecule has 1 amide bonds. The van der Waals surface area contributed by atoms with Gasteiger partial charge in [-0.15, -0.1) is 0 Å². The molecular formula is C18H26N2O3. The predicted octanol–water partition coefficient (Wildman–Crippen LogP) is 3.46. The van der Waals surface area contributed by atoms with Gasteiger partial charge in [0.15, 0.2) is 11.5 Å². The summed E-state index contributed by atoms with van der Waals surface area (Å²) < 4.78 is 10.5. The van der Waals surface area contributed by atoms with Crippen LogP contribution in [0.2, 0.25) is 0 Å². The number of hydrazone groups is 1. The maximum atomic E-state index is 12.1. The van der Waals surface area contributed by atoms with Crippen molar-refractivity contribution in [3.8, 4) is 11.5 Å². The number of benzene rings is 1. The molecule has 1 N–H and O–H groups in total. The maximum absolute atomic E-state index is 12.1. The Balaban J connectivity index is 1.91. The minimum Gasteiger partial charge on any atom is -0.493 e. The van der Waals surface area contributed by atoms with E-state index in [1.165, 1.54) is 32.1 Å². The highest BCUT2D eigenvalue weighted by molar-refractivity contribution is 5.86. The van der Waals surface area contributed by atoms with Crippen molar-refractivity contribution in [3.05, 3.63) is 23.8 Å². The molecule has 0 bridgehead atoms. The summed E-state index contributed by atoms with van der Waals surface area (Å²) in [6, 6.07) is 5.49. The molecule has 0 heterocycles. The van der Waals surface area contributed by atoms with Gasteiger partial charge in [0, 0.05) is 5.71 Å². The molecule has 126 valence electrons. The Morgan fingerprint density at radius 2 is 1.70 bits per heavy atom. The number of hydrogen-bond acceptors (Lipinski definition) is 4. The highest BCUT2D eigenvalue weighted by atomic mass is 16.5. The maximum Gasteiger partial charge on any atom is 0.244 e. The number of nitrogens with zero attached hydrogens (tertiary/aromatic N) is 1. The lowest BCUT2D eigenvalue weighted by Gasteiger charge is -2.11. The predicted molar refractivity (Wildman–Crippen MR) is 91.1 cm³/mol. The lowest BCUT2D eigenvalue weighted by molar-refractivity contribution is -0.120. The van der Waals surface area contributed by atoms with Crippen molar-refractivity contribution in [2.75, 3.05) is 14.2 Å². The van der Waals surface area contributed by atoms with Crippen LogP contribution in [0.15, 0.2) is 23.3 Å². The van der Waals surface area contributed by atoms with Crippen LogP contribution in [0.5, 0.6) is 11.5 Å². The number of carbonyl (C=O) groups excluding carboxylic acids is 1. The molecule has 5 nitrogen and oxygen atoms in total. The molecule has 23 heavy (non-hydrogen) atoms. The fraction of sp³-hybridized carbons (Fsp3) is 0.556. The third-order valence-electron chi connectivity index (χ3n) is 4.08. The second kappa shape index (κ2) is 9.18. The first kappa shape index (κ1) is 17.3. The fourth-order valence-corrected chi connectivity index (χ4v) is 2.78. The summed E-state index contributed by atoms with van der Waals surface area (Å²) in [7, 11) is 3.18. The molecule has 1 saturated carbocycles. The van der Waals surface area contributed by atoms with Crippen molar-refractivity contribution in [3.63, 3.8) is 0 Å². The Bertz CT molecular complexity index is 545.